The maximum atomic E-state index is 13.5. The van der Waals surface area contributed by atoms with Gasteiger partial charge in [-0.3, -0.25) is 14.4 Å². The van der Waals surface area contributed by atoms with Crippen LogP contribution in [0.3, 0.4) is 0 Å². The van der Waals surface area contributed by atoms with Gasteiger partial charge in [0, 0.05) is 29.9 Å². The summed E-state index contributed by atoms with van der Waals surface area (Å²) in [5, 5.41) is 28.5. The SMILES string of the molecule is CC(C)C(N)C(=O)NC(C(=O)NC(Cc1c[nH]c2ccccc12)C(=O)NC(Cc1ccccc1)C(=O)O)C(C)O. The van der Waals surface area contributed by atoms with Gasteiger partial charge in [-0.25, -0.2) is 4.79 Å². The number of carboxylic acid groups (broad SMARTS) is 1. The molecule has 0 aliphatic carbocycles. The van der Waals surface area contributed by atoms with Crippen LogP contribution in [0.5, 0.6) is 0 Å². The number of nitrogens with one attached hydrogen (secondary N) is 4. The molecule has 0 aliphatic heterocycles. The fourth-order valence-corrected chi connectivity index (χ4v) is 4.27. The van der Waals surface area contributed by atoms with E-state index in [2.05, 4.69) is 20.9 Å². The van der Waals surface area contributed by atoms with E-state index in [0.29, 0.717) is 11.1 Å². The van der Waals surface area contributed by atoms with Crippen molar-refractivity contribution >= 4 is 34.6 Å². The quantitative estimate of drug-likeness (QED) is 0.164. The fourth-order valence-electron chi connectivity index (χ4n) is 4.27. The predicted octanol–water partition coefficient (Wildman–Crippen LogP) is 0.856. The van der Waals surface area contributed by atoms with Crippen molar-refractivity contribution in [2.75, 3.05) is 0 Å². The lowest BCUT2D eigenvalue weighted by Crippen LogP contribution is -2.60. The number of aromatic nitrogens is 1. The number of amides is 3. The Kier molecular flexibility index (Phi) is 10.4. The first-order valence-electron chi connectivity index (χ1n) is 13.1. The minimum absolute atomic E-state index is 0.0191. The number of H-pyrrole nitrogens is 1. The van der Waals surface area contributed by atoms with Crippen molar-refractivity contribution in [1.82, 2.24) is 20.9 Å². The Morgan fingerprint density at radius 1 is 0.825 bits per heavy atom. The van der Waals surface area contributed by atoms with Crippen LogP contribution in [-0.2, 0) is 32.0 Å². The molecule has 40 heavy (non-hydrogen) atoms. The first-order valence-corrected chi connectivity index (χ1v) is 13.1. The number of carbonyl (C=O) groups is 4. The number of nitrogens with two attached hydrogens (primary N) is 1. The average Bonchev–Trinajstić information content (AvgIpc) is 3.33. The van der Waals surface area contributed by atoms with Gasteiger partial charge in [0.2, 0.25) is 17.7 Å². The first-order chi connectivity index (χ1) is 19.0. The van der Waals surface area contributed by atoms with E-state index in [0.717, 1.165) is 10.9 Å². The Morgan fingerprint density at radius 3 is 2.08 bits per heavy atom. The van der Waals surface area contributed by atoms with Crippen molar-refractivity contribution in [3.8, 4) is 0 Å². The van der Waals surface area contributed by atoms with Gasteiger partial charge in [-0.2, -0.15) is 0 Å². The molecular weight excluding hydrogens is 514 g/mol. The maximum absolute atomic E-state index is 13.5. The van der Waals surface area contributed by atoms with Crippen LogP contribution in [0.25, 0.3) is 10.9 Å². The van der Waals surface area contributed by atoms with E-state index in [4.69, 9.17) is 5.73 Å². The summed E-state index contributed by atoms with van der Waals surface area (Å²) in [6.07, 6.45) is 0.469. The molecule has 5 unspecified atom stereocenters. The van der Waals surface area contributed by atoms with E-state index in [1.807, 2.05) is 24.3 Å². The molecule has 0 bridgehead atoms. The highest BCUT2D eigenvalue weighted by Gasteiger charge is 2.33. The average molecular weight is 552 g/mol. The molecule has 8 N–H and O–H groups in total. The van der Waals surface area contributed by atoms with Gasteiger partial charge < -0.3 is 36.9 Å². The zero-order valence-electron chi connectivity index (χ0n) is 22.8. The molecule has 1 heterocycles. The summed E-state index contributed by atoms with van der Waals surface area (Å²) < 4.78 is 0. The third-order valence-electron chi connectivity index (χ3n) is 6.71. The number of hydrogen-bond acceptors (Lipinski definition) is 6. The molecule has 0 fully saturated rings. The van der Waals surface area contributed by atoms with Crippen LogP contribution in [0.1, 0.15) is 31.9 Å². The molecule has 0 spiro atoms. The molecule has 5 atom stereocenters. The van der Waals surface area contributed by atoms with Crippen LogP contribution < -0.4 is 21.7 Å². The lowest BCUT2D eigenvalue weighted by atomic mass is 10.0. The second-order valence-electron chi connectivity index (χ2n) is 10.2. The number of aliphatic hydroxyl groups excluding tert-OH is 1. The van der Waals surface area contributed by atoms with Crippen molar-refractivity contribution in [2.45, 2.75) is 63.9 Å². The van der Waals surface area contributed by atoms with Gasteiger partial charge >= 0.3 is 5.97 Å². The van der Waals surface area contributed by atoms with Crippen LogP contribution in [0.15, 0.2) is 60.8 Å². The highest BCUT2D eigenvalue weighted by atomic mass is 16.4. The van der Waals surface area contributed by atoms with E-state index in [-0.39, 0.29) is 18.8 Å². The number of benzene rings is 2. The molecule has 3 aromatic rings. The van der Waals surface area contributed by atoms with E-state index in [1.165, 1.54) is 6.92 Å². The summed E-state index contributed by atoms with van der Waals surface area (Å²) >= 11 is 0. The van der Waals surface area contributed by atoms with Crippen LogP contribution in [0, 0.1) is 5.92 Å². The number of para-hydroxylation sites is 1. The second-order valence-corrected chi connectivity index (χ2v) is 10.2. The summed E-state index contributed by atoms with van der Waals surface area (Å²) in [5.74, 6) is -3.60. The van der Waals surface area contributed by atoms with Gasteiger partial charge in [-0.1, -0.05) is 62.4 Å². The number of aliphatic carboxylic acids is 1. The predicted molar refractivity (Wildman–Crippen MR) is 150 cm³/mol. The van der Waals surface area contributed by atoms with Gasteiger partial charge in [-0.15, -0.1) is 0 Å². The zero-order chi connectivity index (χ0) is 29.4. The van der Waals surface area contributed by atoms with E-state index in [9.17, 15) is 29.4 Å². The number of aromatic amines is 1. The lowest BCUT2D eigenvalue weighted by Gasteiger charge is -2.27. The second kappa shape index (κ2) is 13.7. The minimum atomic E-state index is -1.39. The Balaban J connectivity index is 1.86. The van der Waals surface area contributed by atoms with Crippen LogP contribution in [-0.4, -0.2) is 69.2 Å². The van der Waals surface area contributed by atoms with Crippen molar-refractivity contribution in [2.24, 2.45) is 11.7 Å². The van der Waals surface area contributed by atoms with Gasteiger partial charge in [0.1, 0.15) is 18.1 Å². The number of rotatable bonds is 13. The molecule has 0 saturated carbocycles. The van der Waals surface area contributed by atoms with E-state index in [1.54, 1.807) is 50.4 Å². The topological polar surface area (TPSA) is 187 Å². The third-order valence-corrected chi connectivity index (χ3v) is 6.71. The first kappa shape index (κ1) is 30.3. The van der Waals surface area contributed by atoms with E-state index < -0.39 is 54.0 Å². The van der Waals surface area contributed by atoms with Gasteiger partial charge in [0.25, 0.3) is 0 Å². The Labute approximate surface area is 232 Å². The Morgan fingerprint density at radius 2 is 1.45 bits per heavy atom. The maximum Gasteiger partial charge on any atom is 0.326 e. The van der Waals surface area contributed by atoms with Gasteiger partial charge in [0.15, 0.2) is 0 Å². The van der Waals surface area contributed by atoms with Gasteiger partial charge in [-0.05, 0) is 30.0 Å². The Bertz CT molecular complexity index is 1320. The molecule has 214 valence electrons. The number of fused-ring (bicyclic) bond motifs is 1. The highest BCUT2D eigenvalue weighted by molar-refractivity contribution is 5.95. The van der Waals surface area contributed by atoms with Crippen molar-refractivity contribution in [3.05, 3.63) is 71.9 Å². The monoisotopic (exact) mass is 551 g/mol. The smallest absolute Gasteiger partial charge is 0.326 e. The summed E-state index contributed by atoms with van der Waals surface area (Å²) in [4.78, 5) is 54.5. The van der Waals surface area contributed by atoms with Crippen molar-refractivity contribution in [3.63, 3.8) is 0 Å². The summed E-state index contributed by atoms with van der Waals surface area (Å²) in [6.45, 7) is 4.83. The summed E-state index contributed by atoms with van der Waals surface area (Å²) in [7, 11) is 0. The molecule has 0 saturated heterocycles. The number of carboxylic acids is 1. The number of hydrogen-bond donors (Lipinski definition) is 7. The molecule has 3 amide bonds. The molecule has 2 aromatic carbocycles. The largest absolute Gasteiger partial charge is 0.480 e. The lowest BCUT2D eigenvalue weighted by molar-refractivity contribution is -0.142. The standard InChI is InChI=1S/C29H37N5O6/c1-16(2)24(30)27(37)34-25(17(3)35)28(38)32-22(14-19-15-31-21-12-8-7-11-20(19)21)26(36)33-23(29(39)40)13-18-9-5-4-6-10-18/h4-12,15-17,22-25,31,35H,13-14,30H2,1-3H3,(H,32,38)(H,33,36)(H,34,37)(H,39,40). The molecular formula is C29H37N5O6. The normalized spacial score (nSPS) is 15.1. The van der Waals surface area contributed by atoms with Gasteiger partial charge in [0.05, 0.1) is 12.1 Å². The van der Waals surface area contributed by atoms with Crippen LogP contribution in [0.4, 0.5) is 0 Å². The Hall–Kier alpha value is -4.22. The number of carbonyl (C=O) groups excluding carboxylic acids is 3. The van der Waals surface area contributed by atoms with E-state index >= 15 is 0 Å². The highest BCUT2D eigenvalue weighted by Crippen LogP contribution is 2.19. The molecule has 1 aromatic heterocycles. The van der Waals surface area contributed by atoms with Crippen LogP contribution >= 0.6 is 0 Å². The third kappa shape index (κ3) is 7.90. The summed E-state index contributed by atoms with van der Waals surface area (Å²) in [6, 6.07) is 11.5. The minimum Gasteiger partial charge on any atom is -0.480 e. The number of aliphatic hydroxyl groups is 1. The van der Waals surface area contributed by atoms with Crippen molar-refractivity contribution < 1.29 is 29.4 Å². The molecule has 3 rings (SSSR count). The molecule has 11 nitrogen and oxygen atoms in total. The fraction of sp³-hybridized carbons (Fsp3) is 0.379. The zero-order valence-corrected chi connectivity index (χ0v) is 22.8. The molecule has 0 radical (unpaired) electrons. The summed E-state index contributed by atoms with van der Waals surface area (Å²) in [5.41, 5.74) is 8.15. The molecule has 0 aliphatic rings. The van der Waals surface area contributed by atoms with Crippen LogP contribution in [0.2, 0.25) is 0 Å². The molecule has 11 heteroatoms. The van der Waals surface area contributed by atoms with Crippen molar-refractivity contribution in [1.29, 1.82) is 0 Å².